The van der Waals surface area contributed by atoms with Gasteiger partial charge in [-0.15, -0.1) is 0 Å². The number of carboxylic acid groups (broad SMARTS) is 1. The molecular weight excluding hydrogens is 194 g/mol. The Labute approximate surface area is 90.6 Å². The summed E-state index contributed by atoms with van der Waals surface area (Å²) < 4.78 is 0. The van der Waals surface area contributed by atoms with Crippen LogP contribution in [-0.2, 0) is 9.59 Å². The van der Waals surface area contributed by atoms with Crippen molar-refractivity contribution < 1.29 is 14.7 Å². The van der Waals surface area contributed by atoms with Crippen LogP contribution in [0.25, 0.3) is 0 Å². The average molecular weight is 213 g/mol. The molecule has 0 aliphatic rings. The van der Waals surface area contributed by atoms with E-state index in [1.54, 1.807) is 11.9 Å². The van der Waals surface area contributed by atoms with Gasteiger partial charge in [-0.25, -0.2) is 4.79 Å². The zero-order valence-electron chi connectivity index (χ0n) is 9.94. The van der Waals surface area contributed by atoms with Crippen LogP contribution in [0.15, 0.2) is 12.2 Å². The van der Waals surface area contributed by atoms with Crippen molar-refractivity contribution in [1.29, 1.82) is 0 Å². The van der Waals surface area contributed by atoms with E-state index in [0.29, 0.717) is 0 Å². The lowest BCUT2D eigenvalue weighted by Gasteiger charge is -2.34. The highest BCUT2D eigenvalue weighted by Crippen LogP contribution is 2.22. The molecule has 0 aromatic heterocycles. The van der Waals surface area contributed by atoms with Crippen molar-refractivity contribution in [2.75, 3.05) is 7.05 Å². The minimum Gasteiger partial charge on any atom is -0.478 e. The summed E-state index contributed by atoms with van der Waals surface area (Å²) in [4.78, 5) is 23.3. The predicted octanol–water partition coefficient (Wildman–Crippen LogP) is 1.52. The summed E-state index contributed by atoms with van der Waals surface area (Å²) in [6, 6.07) is 0.0449. The number of hydrogen-bond donors (Lipinski definition) is 1. The Balaban J connectivity index is 4.52. The smallest absolute Gasteiger partial charge is 0.328 e. The molecule has 0 spiro atoms. The molecule has 4 heteroatoms. The van der Waals surface area contributed by atoms with Crippen LogP contribution in [0.5, 0.6) is 0 Å². The van der Waals surface area contributed by atoms with Crippen molar-refractivity contribution in [2.24, 2.45) is 5.41 Å². The Morgan fingerprint density at radius 1 is 1.27 bits per heavy atom. The molecule has 1 N–H and O–H groups in total. The van der Waals surface area contributed by atoms with Gasteiger partial charge in [0.25, 0.3) is 0 Å². The van der Waals surface area contributed by atoms with Crippen LogP contribution in [0.3, 0.4) is 0 Å². The molecule has 4 nitrogen and oxygen atoms in total. The second kappa shape index (κ2) is 4.96. The summed E-state index contributed by atoms with van der Waals surface area (Å²) in [5.41, 5.74) is -0.0263. The first-order chi connectivity index (χ1) is 6.66. The average Bonchev–Trinajstić information content (AvgIpc) is 2.10. The monoisotopic (exact) mass is 213 g/mol. The maximum Gasteiger partial charge on any atom is 0.328 e. The molecule has 1 atom stereocenters. The number of likely N-dealkylation sites (N-methyl/N-ethyl adjacent to an activating group) is 1. The molecule has 0 heterocycles. The summed E-state index contributed by atoms with van der Waals surface area (Å²) in [5, 5.41) is 8.39. The zero-order valence-corrected chi connectivity index (χ0v) is 9.94. The van der Waals surface area contributed by atoms with Crippen LogP contribution in [0.2, 0.25) is 0 Å². The summed E-state index contributed by atoms with van der Waals surface area (Å²) >= 11 is 0. The fourth-order valence-electron chi connectivity index (χ4n) is 1.03. The second-order valence-electron chi connectivity index (χ2n) is 4.66. The molecule has 1 amide bonds. The molecule has 15 heavy (non-hydrogen) atoms. The van der Waals surface area contributed by atoms with Gasteiger partial charge in [0.15, 0.2) is 0 Å². The van der Waals surface area contributed by atoms with Gasteiger partial charge in [-0.2, -0.15) is 0 Å². The lowest BCUT2D eigenvalue weighted by molar-refractivity contribution is -0.132. The number of nitrogens with zero attached hydrogens (tertiary/aromatic N) is 1. The molecule has 0 rings (SSSR count). The van der Waals surface area contributed by atoms with E-state index in [1.807, 2.05) is 27.7 Å². The standard InChI is InChI=1S/C11H19NO3/c1-8(11(2,3)4)12(5)9(13)6-7-10(14)15/h6-8H,1-5H3,(H,14,15)/b7-6+. The third-order valence-electron chi connectivity index (χ3n) is 2.55. The van der Waals surface area contributed by atoms with Crippen molar-refractivity contribution in [3.05, 3.63) is 12.2 Å². The highest BCUT2D eigenvalue weighted by atomic mass is 16.4. The van der Waals surface area contributed by atoms with E-state index in [4.69, 9.17) is 5.11 Å². The molecule has 0 aliphatic heterocycles. The molecule has 0 aromatic rings. The van der Waals surface area contributed by atoms with E-state index >= 15 is 0 Å². The third kappa shape index (κ3) is 4.63. The first kappa shape index (κ1) is 13.7. The molecule has 86 valence electrons. The molecule has 0 aromatic carbocycles. The molecular formula is C11H19NO3. The van der Waals surface area contributed by atoms with Crippen LogP contribution >= 0.6 is 0 Å². The van der Waals surface area contributed by atoms with E-state index in [0.717, 1.165) is 12.2 Å². The summed E-state index contributed by atoms with van der Waals surface area (Å²) in [6.45, 7) is 8.03. The lowest BCUT2D eigenvalue weighted by Crippen LogP contribution is -2.42. The van der Waals surface area contributed by atoms with Gasteiger partial charge in [0.05, 0.1) is 0 Å². The van der Waals surface area contributed by atoms with Crippen molar-refractivity contribution in [3.63, 3.8) is 0 Å². The number of carbonyl (C=O) groups excluding carboxylic acids is 1. The zero-order chi connectivity index (χ0) is 12.2. The Kier molecular flexibility index (Phi) is 4.52. The third-order valence-corrected chi connectivity index (χ3v) is 2.55. The summed E-state index contributed by atoms with van der Waals surface area (Å²) in [5.74, 6) is -1.40. The van der Waals surface area contributed by atoms with Crippen molar-refractivity contribution in [3.8, 4) is 0 Å². The van der Waals surface area contributed by atoms with E-state index < -0.39 is 5.97 Å². The Morgan fingerprint density at radius 3 is 2.07 bits per heavy atom. The van der Waals surface area contributed by atoms with E-state index in [2.05, 4.69) is 0 Å². The number of carboxylic acids is 1. The number of rotatable bonds is 3. The molecule has 0 bridgehead atoms. The Bertz CT molecular complexity index is 276. The summed E-state index contributed by atoms with van der Waals surface area (Å²) in [6.07, 6.45) is 1.93. The predicted molar refractivity (Wildman–Crippen MR) is 58.5 cm³/mol. The van der Waals surface area contributed by atoms with Gasteiger partial charge in [0.2, 0.25) is 5.91 Å². The summed E-state index contributed by atoms with van der Waals surface area (Å²) in [7, 11) is 1.67. The highest BCUT2D eigenvalue weighted by molar-refractivity contribution is 5.93. The Hall–Kier alpha value is -1.32. The second-order valence-corrected chi connectivity index (χ2v) is 4.66. The van der Waals surface area contributed by atoms with Gasteiger partial charge in [0.1, 0.15) is 0 Å². The maximum absolute atomic E-state index is 11.5. The molecule has 1 unspecified atom stereocenters. The van der Waals surface area contributed by atoms with Gasteiger partial charge < -0.3 is 10.0 Å². The van der Waals surface area contributed by atoms with Crippen molar-refractivity contribution in [2.45, 2.75) is 33.7 Å². The first-order valence-corrected chi connectivity index (χ1v) is 4.84. The van der Waals surface area contributed by atoms with E-state index in [1.165, 1.54) is 0 Å². The normalized spacial score (nSPS) is 13.9. The molecule has 0 radical (unpaired) electrons. The molecule has 0 saturated carbocycles. The molecule has 0 aliphatic carbocycles. The van der Waals surface area contributed by atoms with Gasteiger partial charge in [-0.3, -0.25) is 4.79 Å². The number of carbonyl (C=O) groups is 2. The minimum absolute atomic E-state index is 0.0263. The number of aliphatic carboxylic acids is 1. The largest absolute Gasteiger partial charge is 0.478 e. The topological polar surface area (TPSA) is 57.6 Å². The van der Waals surface area contributed by atoms with Gasteiger partial charge in [-0.05, 0) is 12.3 Å². The highest BCUT2D eigenvalue weighted by Gasteiger charge is 2.25. The van der Waals surface area contributed by atoms with Crippen molar-refractivity contribution >= 4 is 11.9 Å². The minimum atomic E-state index is -1.11. The van der Waals surface area contributed by atoms with Crippen LogP contribution < -0.4 is 0 Å². The SMILES string of the molecule is CC(N(C)C(=O)/C=C/C(=O)O)C(C)(C)C. The fraction of sp³-hybridized carbons (Fsp3) is 0.636. The quantitative estimate of drug-likeness (QED) is 0.723. The van der Waals surface area contributed by atoms with Gasteiger partial charge in [0, 0.05) is 25.2 Å². The van der Waals surface area contributed by atoms with Crippen LogP contribution in [-0.4, -0.2) is 35.0 Å². The van der Waals surface area contributed by atoms with Crippen LogP contribution in [0.4, 0.5) is 0 Å². The van der Waals surface area contributed by atoms with Gasteiger partial charge >= 0.3 is 5.97 Å². The van der Waals surface area contributed by atoms with E-state index in [-0.39, 0.29) is 17.4 Å². The van der Waals surface area contributed by atoms with Crippen molar-refractivity contribution in [1.82, 2.24) is 4.90 Å². The van der Waals surface area contributed by atoms with Crippen LogP contribution in [0, 0.1) is 5.41 Å². The molecule has 0 fully saturated rings. The first-order valence-electron chi connectivity index (χ1n) is 4.84. The Morgan fingerprint density at radius 2 is 1.73 bits per heavy atom. The fourth-order valence-corrected chi connectivity index (χ4v) is 1.03. The van der Waals surface area contributed by atoms with Gasteiger partial charge in [-0.1, -0.05) is 20.8 Å². The van der Waals surface area contributed by atoms with Crippen LogP contribution in [0.1, 0.15) is 27.7 Å². The number of amides is 1. The maximum atomic E-state index is 11.5. The van der Waals surface area contributed by atoms with E-state index in [9.17, 15) is 9.59 Å². The lowest BCUT2D eigenvalue weighted by atomic mass is 9.87. The number of hydrogen-bond acceptors (Lipinski definition) is 2. The molecule has 0 saturated heterocycles.